The Morgan fingerprint density at radius 3 is 0.810 bits per heavy atom. The lowest BCUT2D eigenvalue weighted by Gasteiger charge is -2.22. The van der Waals surface area contributed by atoms with Gasteiger partial charge in [0.05, 0.1) is 5.69 Å². The van der Waals surface area contributed by atoms with Crippen LogP contribution in [-0.4, -0.2) is 81.9 Å². The molecule has 42 heavy (non-hydrogen) atoms. The van der Waals surface area contributed by atoms with Gasteiger partial charge >= 0.3 is 0 Å². The molecule has 0 bridgehead atoms. The van der Waals surface area contributed by atoms with Crippen molar-refractivity contribution < 1.29 is 69.5 Å². The molecule has 0 aromatic carbocycles. The normalized spacial score (nSPS) is 16.4. The van der Waals surface area contributed by atoms with Gasteiger partial charge in [0.2, 0.25) is 0 Å². The minimum Gasteiger partial charge on any atom is -0.793 e. The van der Waals surface area contributed by atoms with Crippen molar-refractivity contribution in [2.45, 2.75) is 0 Å². The van der Waals surface area contributed by atoms with Crippen LogP contribution in [0.3, 0.4) is 0 Å². The summed E-state index contributed by atoms with van der Waals surface area (Å²) in [4.78, 5) is 41.1. The molecule has 0 heterocycles. The first-order chi connectivity index (χ1) is 18.7. The zero-order valence-corrected chi connectivity index (χ0v) is 37.2. The summed E-state index contributed by atoms with van der Waals surface area (Å²) in [5, 5.41) is 0. The van der Waals surface area contributed by atoms with Crippen molar-refractivity contribution in [3.05, 3.63) is 0 Å². The summed E-state index contributed by atoms with van der Waals surface area (Å²) < 4.78 is 65.4. The zero-order valence-electron chi connectivity index (χ0n) is 24.5. The fraction of sp³-hybridized carbons (Fsp3) is 1.00. The molecule has 15 nitrogen and oxygen atoms in total. The van der Waals surface area contributed by atoms with Gasteiger partial charge in [0, 0.05) is 62.6 Å². The van der Waals surface area contributed by atoms with Crippen molar-refractivity contribution in [3.8, 4) is 0 Å². The highest BCUT2D eigenvalue weighted by Gasteiger charge is 1.99. The van der Waals surface area contributed by atoms with Gasteiger partial charge in [0.1, 0.15) is 12.5 Å². The van der Waals surface area contributed by atoms with E-state index in [-0.39, 0.29) is 0 Å². The standard InChI is InChI=1S/3C2H7O3PS.3C2H7O2PS2/c2*1-5-6(3,4)7-2;1-4-6(3,7)5-2;2*1-4-5(3,6)7-2;1-3-5(6,7)4-2/h2*1-2H3,(H,3,4);1-2H3,(H,3,7);2*1-2H3,(H,3,6);1-2H3,(H,6,7)/p-6. The van der Waals surface area contributed by atoms with E-state index < -0.39 is 37.5 Å². The Bertz CT molecular complexity index is 699. The van der Waals surface area contributed by atoms with Crippen LogP contribution in [0.5, 0.6) is 0 Å². The van der Waals surface area contributed by atoms with Gasteiger partial charge in [-0.1, -0.05) is 69.6 Å². The van der Waals surface area contributed by atoms with E-state index in [0.29, 0.717) is 22.8 Å². The molecule has 0 amide bonds. The summed E-state index contributed by atoms with van der Waals surface area (Å²) in [6.07, 6.45) is 6.24. The third-order valence-corrected chi connectivity index (χ3v) is 21.5. The van der Waals surface area contributed by atoms with E-state index in [1.807, 2.05) is 0 Å². The number of hydrogen-bond acceptors (Lipinski definition) is 24. The molecular weight excluding hydrogens is 859 g/mol. The highest BCUT2D eigenvalue weighted by Crippen LogP contribution is 2.55. The lowest BCUT2D eigenvalue weighted by Crippen LogP contribution is -2.02. The third-order valence-electron chi connectivity index (χ3n) is 2.68. The minimum atomic E-state index is -3.49. The van der Waals surface area contributed by atoms with Gasteiger partial charge in [-0.05, 0) is 25.0 Å². The van der Waals surface area contributed by atoms with Crippen LogP contribution < -0.4 is 19.6 Å². The van der Waals surface area contributed by atoms with Crippen molar-refractivity contribution in [1.29, 1.82) is 0 Å². The second-order valence-corrected chi connectivity index (χ2v) is 33.8. The highest BCUT2D eigenvalue weighted by atomic mass is 33.1. The predicted molar refractivity (Wildman–Crippen MR) is 191 cm³/mol. The van der Waals surface area contributed by atoms with Crippen LogP contribution in [0.4, 0.5) is 0 Å². The first-order valence-corrected chi connectivity index (χ1v) is 31.2. The molecule has 264 valence electrons. The largest absolute Gasteiger partial charge is 0.793 e. The van der Waals surface area contributed by atoms with Gasteiger partial charge in [-0.3, -0.25) is 9.13 Å². The van der Waals surface area contributed by atoms with E-state index in [1.165, 1.54) is 55.2 Å². The molecule has 0 fully saturated rings. The average Bonchev–Trinajstić information content (AvgIpc) is 2.98. The number of hydrogen-bond donors (Lipinski definition) is 0. The van der Waals surface area contributed by atoms with Gasteiger partial charge in [0.15, 0.2) is 13.6 Å². The highest BCUT2D eigenvalue weighted by molar-refractivity contribution is 8.79. The van der Waals surface area contributed by atoms with Gasteiger partial charge < -0.3 is 84.8 Å². The smallest absolute Gasteiger partial charge is 0.191 e. The fourth-order valence-corrected chi connectivity index (χ4v) is 3.13. The molecular formula is C12H36O15P6S9-6. The van der Waals surface area contributed by atoms with E-state index in [1.54, 1.807) is 12.5 Å². The Morgan fingerprint density at radius 1 is 0.500 bits per heavy atom. The first-order valence-electron chi connectivity index (χ1n) is 9.28. The van der Waals surface area contributed by atoms with Crippen molar-refractivity contribution in [2.24, 2.45) is 0 Å². The molecule has 0 N–H and O–H groups in total. The molecule has 0 saturated carbocycles. The van der Waals surface area contributed by atoms with Gasteiger partial charge in [-0.25, -0.2) is 0 Å². The van der Waals surface area contributed by atoms with Crippen LogP contribution in [0.1, 0.15) is 0 Å². The summed E-state index contributed by atoms with van der Waals surface area (Å²) in [6.45, 7) is -10.0. The van der Waals surface area contributed by atoms with Crippen LogP contribution in [0.15, 0.2) is 0 Å². The second-order valence-electron chi connectivity index (χ2n) is 4.87. The molecule has 0 aromatic heterocycles. The molecule has 0 radical (unpaired) electrons. The lowest BCUT2D eigenvalue weighted by atomic mass is 11.8. The van der Waals surface area contributed by atoms with E-state index in [2.05, 4.69) is 96.1 Å². The lowest BCUT2D eigenvalue weighted by molar-refractivity contribution is -0.202. The molecule has 0 spiro atoms. The van der Waals surface area contributed by atoms with Crippen LogP contribution >= 0.6 is 83.0 Å². The Balaban J connectivity index is -0.0000000926. The third kappa shape index (κ3) is 51.1. The van der Waals surface area contributed by atoms with E-state index in [0.717, 1.165) is 37.0 Å². The maximum atomic E-state index is 10.5. The quantitative estimate of drug-likeness (QED) is 0.199. The molecule has 4 atom stereocenters. The molecule has 30 heteroatoms. The topological polar surface area (TPSA) is 217 Å². The molecule has 0 aliphatic rings. The van der Waals surface area contributed by atoms with Crippen LogP contribution in [-0.2, 0) is 110 Å². The summed E-state index contributed by atoms with van der Waals surface area (Å²) in [5.74, 6) is -2.65. The zero-order chi connectivity index (χ0) is 35.5. The van der Waals surface area contributed by atoms with Crippen molar-refractivity contribution in [1.82, 2.24) is 0 Å². The maximum absolute atomic E-state index is 10.5. The van der Waals surface area contributed by atoms with Crippen LogP contribution in [0.25, 0.3) is 0 Å². The van der Waals surface area contributed by atoms with Gasteiger partial charge in [-0.2, -0.15) is 0 Å². The SMILES string of the molecule is COP(=O)([O-])SC.COP(=O)([O-])SC.COP(=O)([S-])SC.COP(=S)([S-])OC.COP([O-])(=S)OC.COP([O-])(=S)SC. The van der Waals surface area contributed by atoms with Crippen LogP contribution in [0, 0.1) is 0 Å². The molecule has 4 unspecified atom stereocenters. The van der Waals surface area contributed by atoms with Crippen molar-refractivity contribution in [3.63, 3.8) is 0 Å². The Kier molecular flexibility index (Phi) is 45.2. The fourth-order valence-electron chi connectivity index (χ4n) is 0.447. The number of rotatable bonds is 12. The van der Waals surface area contributed by atoms with E-state index in [9.17, 15) is 33.3 Å². The Morgan fingerprint density at radius 2 is 0.810 bits per heavy atom. The van der Waals surface area contributed by atoms with Crippen molar-refractivity contribution in [2.75, 3.05) is 81.9 Å². The van der Waals surface area contributed by atoms with Gasteiger partial charge in [-0.15, -0.1) is 11.4 Å². The second kappa shape index (κ2) is 32.5. The predicted octanol–water partition coefficient (Wildman–Crippen LogP) is 4.07. The van der Waals surface area contributed by atoms with Gasteiger partial charge in [0.25, 0.3) is 0 Å². The van der Waals surface area contributed by atoms with Crippen molar-refractivity contribution >= 4 is 143 Å². The molecule has 0 saturated heterocycles. The van der Waals surface area contributed by atoms with Crippen LogP contribution in [0.2, 0.25) is 0 Å². The van der Waals surface area contributed by atoms with E-state index in [4.69, 9.17) is 0 Å². The summed E-state index contributed by atoms with van der Waals surface area (Å²) in [5.41, 5.74) is -4.89. The molecule has 0 aliphatic heterocycles. The summed E-state index contributed by atoms with van der Waals surface area (Å²) >= 11 is 26.0. The molecule has 0 aromatic rings. The Labute approximate surface area is 291 Å². The summed E-state index contributed by atoms with van der Waals surface area (Å²) in [6, 6.07) is 0. The Hall–Kier alpha value is 4.26. The average molecular weight is 895 g/mol. The monoisotopic (exact) mass is 894 g/mol. The molecule has 0 rings (SSSR count). The summed E-state index contributed by atoms with van der Waals surface area (Å²) in [7, 11) is 10.4. The molecule has 0 aliphatic carbocycles. The minimum absolute atomic E-state index is 0.705. The maximum Gasteiger partial charge on any atom is 0.191 e. The van der Waals surface area contributed by atoms with E-state index >= 15 is 0 Å². The first kappa shape index (κ1) is 58.5.